The molecule has 0 bridgehead atoms. The van der Waals surface area contributed by atoms with E-state index in [1.54, 1.807) is 7.05 Å². The molecule has 1 rings (SSSR count). The summed E-state index contributed by atoms with van der Waals surface area (Å²) in [6.45, 7) is 4.79. The lowest BCUT2D eigenvalue weighted by Gasteiger charge is -2.40. The first-order valence-electron chi connectivity index (χ1n) is 5.55. The number of carbonyl (C=O) groups excluding carboxylic acids is 1. The SMILES string of the molecule is CNC(=O)NCC1(O)CCC(C)(C)CC1. The molecule has 0 aromatic heterocycles. The van der Waals surface area contributed by atoms with Gasteiger partial charge in [0.25, 0.3) is 0 Å². The number of aliphatic hydroxyl groups is 1. The number of hydrogen-bond acceptors (Lipinski definition) is 2. The fourth-order valence-corrected chi connectivity index (χ4v) is 1.90. The Morgan fingerprint density at radius 3 is 2.27 bits per heavy atom. The van der Waals surface area contributed by atoms with Crippen molar-refractivity contribution in [2.45, 2.75) is 45.1 Å². The van der Waals surface area contributed by atoms with Gasteiger partial charge in [0.05, 0.1) is 5.60 Å². The molecule has 0 aromatic rings. The second kappa shape index (κ2) is 4.39. The fraction of sp³-hybridized carbons (Fsp3) is 0.909. The van der Waals surface area contributed by atoms with Crippen molar-refractivity contribution in [1.29, 1.82) is 0 Å². The van der Waals surface area contributed by atoms with E-state index in [1.807, 2.05) is 0 Å². The molecule has 0 aromatic carbocycles. The topological polar surface area (TPSA) is 61.4 Å². The first-order valence-corrected chi connectivity index (χ1v) is 5.55. The lowest BCUT2D eigenvalue weighted by molar-refractivity contribution is -0.0222. The van der Waals surface area contributed by atoms with E-state index in [9.17, 15) is 9.90 Å². The largest absolute Gasteiger partial charge is 0.388 e. The molecule has 1 aliphatic rings. The molecule has 4 heteroatoms. The van der Waals surface area contributed by atoms with Gasteiger partial charge >= 0.3 is 6.03 Å². The van der Waals surface area contributed by atoms with Crippen molar-refractivity contribution in [3.8, 4) is 0 Å². The van der Waals surface area contributed by atoms with Gasteiger partial charge in [-0.3, -0.25) is 0 Å². The van der Waals surface area contributed by atoms with Crippen LogP contribution in [0.4, 0.5) is 4.79 Å². The van der Waals surface area contributed by atoms with E-state index < -0.39 is 5.60 Å². The van der Waals surface area contributed by atoms with Crippen LogP contribution in [0.2, 0.25) is 0 Å². The third-order valence-electron chi connectivity index (χ3n) is 3.34. The van der Waals surface area contributed by atoms with E-state index in [-0.39, 0.29) is 6.03 Å². The van der Waals surface area contributed by atoms with Crippen LogP contribution < -0.4 is 10.6 Å². The number of nitrogens with one attached hydrogen (secondary N) is 2. The zero-order valence-corrected chi connectivity index (χ0v) is 9.89. The molecule has 1 fully saturated rings. The average Bonchev–Trinajstić information content (AvgIpc) is 2.20. The Morgan fingerprint density at radius 1 is 1.27 bits per heavy atom. The van der Waals surface area contributed by atoms with Gasteiger partial charge in [-0.2, -0.15) is 0 Å². The van der Waals surface area contributed by atoms with Gasteiger partial charge in [0, 0.05) is 13.6 Å². The summed E-state index contributed by atoms with van der Waals surface area (Å²) in [7, 11) is 1.57. The molecule has 2 amide bonds. The lowest BCUT2D eigenvalue weighted by Crippen LogP contribution is -2.48. The van der Waals surface area contributed by atoms with Crippen molar-refractivity contribution in [2.75, 3.05) is 13.6 Å². The summed E-state index contributed by atoms with van der Waals surface area (Å²) in [6.07, 6.45) is 3.56. The molecule has 88 valence electrons. The highest BCUT2D eigenvalue weighted by atomic mass is 16.3. The maximum absolute atomic E-state index is 11.0. The van der Waals surface area contributed by atoms with Crippen LogP contribution in [0.15, 0.2) is 0 Å². The highest BCUT2D eigenvalue weighted by Crippen LogP contribution is 2.39. The third-order valence-corrected chi connectivity index (χ3v) is 3.34. The summed E-state index contributed by atoms with van der Waals surface area (Å²) in [4.78, 5) is 11.0. The minimum Gasteiger partial charge on any atom is -0.388 e. The van der Waals surface area contributed by atoms with Gasteiger partial charge in [0.2, 0.25) is 0 Å². The van der Waals surface area contributed by atoms with Crippen LogP contribution in [0.25, 0.3) is 0 Å². The maximum atomic E-state index is 11.0. The molecular weight excluding hydrogens is 192 g/mol. The van der Waals surface area contributed by atoms with Crippen molar-refractivity contribution in [3.05, 3.63) is 0 Å². The molecule has 3 N–H and O–H groups in total. The highest BCUT2D eigenvalue weighted by Gasteiger charge is 2.36. The third kappa shape index (κ3) is 3.70. The monoisotopic (exact) mass is 214 g/mol. The molecule has 1 aliphatic carbocycles. The van der Waals surface area contributed by atoms with Crippen molar-refractivity contribution in [3.63, 3.8) is 0 Å². The van der Waals surface area contributed by atoms with Crippen LogP contribution in [0, 0.1) is 5.41 Å². The lowest BCUT2D eigenvalue weighted by atomic mass is 9.71. The summed E-state index contributed by atoms with van der Waals surface area (Å²) >= 11 is 0. The number of carbonyl (C=O) groups is 1. The van der Waals surface area contributed by atoms with Gasteiger partial charge in [0.1, 0.15) is 0 Å². The van der Waals surface area contributed by atoms with Crippen molar-refractivity contribution >= 4 is 6.03 Å². The minimum absolute atomic E-state index is 0.228. The summed E-state index contributed by atoms with van der Waals surface area (Å²) in [5.41, 5.74) is -0.374. The van der Waals surface area contributed by atoms with E-state index in [1.165, 1.54) is 0 Å². The zero-order chi connectivity index (χ0) is 11.5. The summed E-state index contributed by atoms with van der Waals surface area (Å²) in [6, 6.07) is -0.228. The first-order chi connectivity index (χ1) is 6.87. The van der Waals surface area contributed by atoms with Gasteiger partial charge < -0.3 is 15.7 Å². The molecular formula is C11H22N2O2. The van der Waals surface area contributed by atoms with Crippen molar-refractivity contribution in [1.82, 2.24) is 10.6 Å². The Hall–Kier alpha value is -0.770. The number of hydrogen-bond donors (Lipinski definition) is 3. The molecule has 1 saturated carbocycles. The normalized spacial score (nSPS) is 23.2. The van der Waals surface area contributed by atoms with Gasteiger partial charge in [0.15, 0.2) is 0 Å². The molecule has 0 heterocycles. The van der Waals surface area contributed by atoms with Crippen LogP contribution in [0.5, 0.6) is 0 Å². The zero-order valence-electron chi connectivity index (χ0n) is 9.89. The summed E-state index contributed by atoms with van der Waals surface area (Å²) < 4.78 is 0. The molecule has 0 unspecified atom stereocenters. The Labute approximate surface area is 91.4 Å². The quantitative estimate of drug-likeness (QED) is 0.648. The smallest absolute Gasteiger partial charge is 0.314 e. The first kappa shape index (κ1) is 12.3. The average molecular weight is 214 g/mol. The Kier molecular flexibility index (Phi) is 3.60. The molecule has 4 nitrogen and oxygen atoms in total. The number of urea groups is 1. The van der Waals surface area contributed by atoms with Crippen LogP contribution in [0.3, 0.4) is 0 Å². The van der Waals surface area contributed by atoms with Gasteiger partial charge in [-0.25, -0.2) is 4.79 Å². The maximum Gasteiger partial charge on any atom is 0.314 e. The van der Waals surface area contributed by atoms with Crippen LogP contribution in [0.1, 0.15) is 39.5 Å². The number of rotatable bonds is 2. The second-order valence-electron chi connectivity index (χ2n) is 5.32. The Morgan fingerprint density at radius 2 is 1.80 bits per heavy atom. The van der Waals surface area contributed by atoms with Crippen molar-refractivity contribution in [2.24, 2.45) is 5.41 Å². The molecule has 0 saturated heterocycles. The van der Waals surface area contributed by atoms with Gasteiger partial charge in [-0.15, -0.1) is 0 Å². The minimum atomic E-state index is -0.706. The summed E-state index contributed by atoms with van der Waals surface area (Å²) in [5.74, 6) is 0. The Balaban J connectivity index is 2.38. The van der Waals surface area contributed by atoms with E-state index in [0.29, 0.717) is 12.0 Å². The molecule has 0 aliphatic heterocycles. The van der Waals surface area contributed by atoms with Crippen LogP contribution in [-0.2, 0) is 0 Å². The van der Waals surface area contributed by atoms with E-state index in [2.05, 4.69) is 24.5 Å². The fourth-order valence-electron chi connectivity index (χ4n) is 1.90. The molecule has 0 spiro atoms. The standard InChI is InChI=1S/C11H22N2O2/c1-10(2)4-6-11(15,7-5-10)8-13-9(14)12-3/h15H,4-8H2,1-3H3,(H2,12,13,14). The molecule has 0 atom stereocenters. The summed E-state index contributed by atoms with van der Waals surface area (Å²) in [5, 5.41) is 15.4. The molecule has 0 radical (unpaired) electrons. The van der Waals surface area contributed by atoms with E-state index >= 15 is 0 Å². The van der Waals surface area contributed by atoms with Crippen LogP contribution >= 0.6 is 0 Å². The predicted octanol–water partition coefficient (Wildman–Crippen LogP) is 1.25. The number of amides is 2. The van der Waals surface area contributed by atoms with Crippen molar-refractivity contribution < 1.29 is 9.90 Å². The molecule has 15 heavy (non-hydrogen) atoms. The second-order valence-corrected chi connectivity index (χ2v) is 5.32. The van der Waals surface area contributed by atoms with E-state index in [4.69, 9.17) is 0 Å². The van der Waals surface area contributed by atoms with E-state index in [0.717, 1.165) is 25.7 Å². The predicted molar refractivity (Wildman–Crippen MR) is 59.7 cm³/mol. The van der Waals surface area contributed by atoms with Gasteiger partial charge in [-0.1, -0.05) is 13.8 Å². The Bertz CT molecular complexity index is 229. The van der Waals surface area contributed by atoms with Crippen LogP contribution in [-0.4, -0.2) is 30.3 Å². The highest BCUT2D eigenvalue weighted by molar-refractivity contribution is 5.73. The van der Waals surface area contributed by atoms with Gasteiger partial charge in [-0.05, 0) is 31.1 Å².